The maximum Gasteiger partial charge on any atom is 0.337 e. The average molecular weight is 381 g/mol. The van der Waals surface area contributed by atoms with Crippen LogP contribution in [0, 0.1) is 0 Å². The lowest BCUT2D eigenvalue weighted by Gasteiger charge is -2.16. The molecule has 3 aromatic rings. The second-order valence-electron chi connectivity index (χ2n) is 6.08. The molecule has 3 rings (SSSR count). The number of methoxy groups -OCH3 is 2. The van der Waals surface area contributed by atoms with E-state index in [9.17, 15) is 9.59 Å². The minimum absolute atomic E-state index is 0.0448. The number of hydrogen-bond donors (Lipinski definition) is 2. The first-order valence-electron chi connectivity index (χ1n) is 8.36. The van der Waals surface area contributed by atoms with Crippen molar-refractivity contribution in [2.45, 2.75) is 12.3 Å². The van der Waals surface area contributed by atoms with Crippen molar-refractivity contribution in [1.82, 2.24) is 15.0 Å². The number of pyridine rings is 1. The van der Waals surface area contributed by atoms with Crippen molar-refractivity contribution in [3.63, 3.8) is 0 Å². The van der Waals surface area contributed by atoms with Gasteiger partial charge < -0.3 is 20.9 Å². The Hall–Kier alpha value is -3.75. The van der Waals surface area contributed by atoms with E-state index in [2.05, 4.69) is 19.7 Å². The number of hydrogen-bond acceptors (Lipinski definition) is 9. The summed E-state index contributed by atoms with van der Waals surface area (Å²) in [4.78, 5) is 36.2. The van der Waals surface area contributed by atoms with Gasteiger partial charge in [0, 0.05) is 6.20 Å². The highest BCUT2D eigenvalue weighted by atomic mass is 16.5. The molecule has 9 nitrogen and oxygen atoms in total. The number of esters is 2. The van der Waals surface area contributed by atoms with Crippen molar-refractivity contribution in [3.8, 4) is 0 Å². The second kappa shape index (κ2) is 7.87. The van der Waals surface area contributed by atoms with Crippen LogP contribution < -0.4 is 11.5 Å². The first-order chi connectivity index (χ1) is 13.4. The molecule has 1 aromatic carbocycles. The van der Waals surface area contributed by atoms with Gasteiger partial charge in [-0.25, -0.2) is 9.78 Å². The molecule has 144 valence electrons. The van der Waals surface area contributed by atoms with Crippen LogP contribution >= 0.6 is 0 Å². The van der Waals surface area contributed by atoms with Crippen LogP contribution in [-0.4, -0.2) is 41.1 Å². The number of nitrogen functional groups attached to an aromatic ring is 2. The summed E-state index contributed by atoms with van der Waals surface area (Å²) < 4.78 is 9.64. The van der Waals surface area contributed by atoms with Gasteiger partial charge in [0.1, 0.15) is 5.82 Å². The van der Waals surface area contributed by atoms with Crippen LogP contribution in [0.2, 0.25) is 0 Å². The van der Waals surface area contributed by atoms with Crippen LogP contribution in [0.3, 0.4) is 0 Å². The van der Waals surface area contributed by atoms with Gasteiger partial charge in [-0.1, -0.05) is 12.1 Å². The number of fused-ring (bicyclic) bond motifs is 1. The molecule has 0 bridgehead atoms. The van der Waals surface area contributed by atoms with E-state index in [1.165, 1.54) is 14.2 Å². The lowest BCUT2D eigenvalue weighted by Crippen LogP contribution is -2.17. The zero-order valence-electron chi connectivity index (χ0n) is 15.4. The third kappa shape index (κ3) is 3.83. The molecule has 1 unspecified atom stereocenters. The quantitative estimate of drug-likeness (QED) is 0.628. The average Bonchev–Trinajstić information content (AvgIpc) is 2.71. The van der Waals surface area contributed by atoms with E-state index in [0.717, 1.165) is 5.56 Å². The second-order valence-corrected chi connectivity index (χ2v) is 6.08. The predicted molar refractivity (Wildman–Crippen MR) is 102 cm³/mol. The van der Waals surface area contributed by atoms with Crippen LogP contribution in [0.1, 0.15) is 27.4 Å². The fraction of sp³-hybridized carbons (Fsp3) is 0.211. The van der Waals surface area contributed by atoms with E-state index in [-0.39, 0.29) is 11.8 Å². The predicted octanol–water partition coefficient (Wildman–Crippen LogP) is 1.48. The highest BCUT2D eigenvalue weighted by Crippen LogP contribution is 2.25. The van der Waals surface area contributed by atoms with Crippen molar-refractivity contribution in [1.29, 1.82) is 0 Å². The summed E-state index contributed by atoms with van der Waals surface area (Å²) in [5.41, 5.74) is 13.7. The molecule has 4 N–H and O–H groups in total. The normalized spacial score (nSPS) is 11.8. The maximum atomic E-state index is 12.4. The molecular weight excluding hydrogens is 362 g/mol. The van der Waals surface area contributed by atoms with Gasteiger partial charge in [-0.05, 0) is 35.7 Å². The SMILES string of the molecule is COC(=O)c1ccc(C(Cc2cnc3nc(N)nc(N)c3c2)C(=O)OC)cc1. The van der Waals surface area contributed by atoms with Crippen molar-refractivity contribution >= 4 is 34.7 Å². The molecule has 9 heteroatoms. The van der Waals surface area contributed by atoms with Crippen molar-refractivity contribution < 1.29 is 19.1 Å². The van der Waals surface area contributed by atoms with Gasteiger partial charge in [-0.15, -0.1) is 0 Å². The van der Waals surface area contributed by atoms with Crippen LogP contribution in [0.4, 0.5) is 11.8 Å². The fourth-order valence-electron chi connectivity index (χ4n) is 2.89. The first-order valence-corrected chi connectivity index (χ1v) is 8.36. The number of carbonyl (C=O) groups is 2. The van der Waals surface area contributed by atoms with Gasteiger partial charge >= 0.3 is 11.9 Å². The number of nitrogens with two attached hydrogens (primary N) is 2. The van der Waals surface area contributed by atoms with Crippen LogP contribution in [0.5, 0.6) is 0 Å². The monoisotopic (exact) mass is 381 g/mol. The highest BCUT2D eigenvalue weighted by molar-refractivity contribution is 5.89. The lowest BCUT2D eigenvalue weighted by molar-refractivity contribution is -0.142. The molecule has 2 heterocycles. The van der Waals surface area contributed by atoms with Gasteiger partial charge in [0.15, 0.2) is 5.65 Å². The van der Waals surface area contributed by atoms with Gasteiger partial charge in [-0.2, -0.15) is 9.97 Å². The highest BCUT2D eigenvalue weighted by Gasteiger charge is 2.23. The molecule has 0 fully saturated rings. The Balaban J connectivity index is 1.94. The molecule has 0 spiro atoms. The molecule has 2 aromatic heterocycles. The van der Waals surface area contributed by atoms with Crippen LogP contribution in [0.25, 0.3) is 11.0 Å². The summed E-state index contributed by atoms with van der Waals surface area (Å²) in [5.74, 6) is -1.19. The summed E-state index contributed by atoms with van der Waals surface area (Å²) in [5, 5.41) is 0.552. The number of aromatic nitrogens is 3. The van der Waals surface area contributed by atoms with Crippen LogP contribution in [-0.2, 0) is 20.7 Å². The maximum absolute atomic E-state index is 12.4. The molecular formula is C19H19N5O4. The smallest absolute Gasteiger partial charge is 0.337 e. The molecule has 28 heavy (non-hydrogen) atoms. The third-order valence-electron chi connectivity index (χ3n) is 4.31. The topological polar surface area (TPSA) is 143 Å². The molecule has 0 aliphatic carbocycles. The summed E-state index contributed by atoms with van der Waals surface area (Å²) >= 11 is 0. The molecule has 0 amide bonds. The molecule has 0 radical (unpaired) electrons. The van der Waals surface area contributed by atoms with E-state index in [1.54, 1.807) is 36.5 Å². The number of rotatable bonds is 5. The number of ether oxygens (including phenoxy) is 2. The Bertz CT molecular complexity index is 1040. The lowest BCUT2D eigenvalue weighted by atomic mass is 9.91. The summed E-state index contributed by atoms with van der Waals surface area (Å²) in [7, 11) is 2.63. The number of benzene rings is 1. The van der Waals surface area contributed by atoms with Crippen molar-refractivity contribution in [2.75, 3.05) is 25.7 Å². The molecule has 0 saturated heterocycles. The van der Waals surface area contributed by atoms with Gasteiger partial charge in [0.25, 0.3) is 0 Å². The van der Waals surface area contributed by atoms with E-state index in [0.29, 0.717) is 28.6 Å². The Morgan fingerprint density at radius 1 is 1.07 bits per heavy atom. The molecule has 0 aliphatic heterocycles. The summed E-state index contributed by atoms with van der Waals surface area (Å²) in [6.07, 6.45) is 1.92. The Morgan fingerprint density at radius 2 is 1.79 bits per heavy atom. The van der Waals surface area contributed by atoms with E-state index in [1.807, 2.05) is 0 Å². The molecule has 0 saturated carbocycles. The number of carbonyl (C=O) groups excluding carboxylic acids is 2. The van der Waals surface area contributed by atoms with E-state index in [4.69, 9.17) is 16.2 Å². The van der Waals surface area contributed by atoms with E-state index >= 15 is 0 Å². The number of nitrogens with zero attached hydrogens (tertiary/aromatic N) is 3. The number of anilines is 2. The first kappa shape index (κ1) is 19.0. The Kier molecular flexibility index (Phi) is 5.35. The standard InChI is InChI=1S/C19H19N5O4/c1-27-17(25)12-5-3-11(4-6-12)13(18(26)28-2)7-10-8-14-15(20)23-19(21)24-16(14)22-9-10/h3-6,8-9,13H,7H2,1-2H3,(H4,20,21,22,23,24). The Morgan fingerprint density at radius 3 is 2.43 bits per heavy atom. The van der Waals surface area contributed by atoms with Crippen molar-refractivity contribution in [3.05, 3.63) is 53.2 Å². The summed E-state index contributed by atoms with van der Waals surface area (Å²) in [6.45, 7) is 0. The van der Waals surface area contributed by atoms with Gasteiger partial charge in [0.2, 0.25) is 5.95 Å². The van der Waals surface area contributed by atoms with E-state index < -0.39 is 17.9 Å². The zero-order chi connectivity index (χ0) is 20.3. The molecule has 1 atom stereocenters. The van der Waals surface area contributed by atoms with Gasteiger partial charge in [0.05, 0.1) is 31.1 Å². The zero-order valence-corrected chi connectivity index (χ0v) is 15.4. The van der Waals surface area contributed by atoms with Gasteiger partial charge in [-0.3, -0.25) is 4.79 Å². The van der Waals surface area contributed by atoms with Crippen molar-refractivity contribution in [2.24, 2.45) is 0 Å². The minimum atomic E-state index is -0.591. The largest absolute Gasteiger partial charge is 0.469 e. The fourth-order valence-corrected chi connectivity index (χ4v) is 2.89. The summed E-state index contributed by atoms with van der Waals surface area (Å²) in [6, 6.07) is 8.37. The third-order valence-corrected chi connectivity index (χ3v) is 4.31. The van der Waals surface area contributed by atoms with Crippen LogP contribution in [0.15, 0.2) is 36.5 Å². The minimum Gasteiger partial charge on any atom is -0.469 e. The Labute approximate surface area is 160 Å². The molecule has 0 aliphatic rings.